The minimum absolute atomic E-state index is 0.225. The molecule has 2 fully saturated rings. The van der Waals surface area contributed by atoms with Gasteiger partial charge in [0.05, 0.1) is 0 Å². The summed E-state index contributed by atoms with van der Waals surface area (Å²) in [6.45, 7) is 1.95. The molecule has 3 rings (SSSR count). The molecule has 2 aliphatic heterocycles. The number of fused-ring (bicyclic) bond motifs is 2. The van der Waals surface area contributed by atoms with Crippen molar-refractivity contribution < 1.29 is 9.18 Å². The van der Waals surface area contributed by atoms with E-state index in [1.165, 1.54) is 12.1 Å². The van der Waals surface area contributed by atoms with Crippen LogP contribution in [0.25, 0.3) is 0 Å². The molecule has 108 valence electrons. The van der Waals surface area contributed by atoms with Crippen molar-refractivity contribution >= 4 is 5.91 Å². The summed E-state index contributed by atoms with van der Waals surface area (Å²) in [5.41, 5.74) is 1.03. The lowest BCUT2D eigenvalue weighted by molar-refractivity contribution is -0.133. The molecule has 2 saturated heterocycles. The summed E-state index contributed by atoms with van der Waals surface area (Å²) in [6, 6.07) is 7.25. The van der Waals surface area contributed by atoms with Crippen LogP contribution in [-0.2, 0) is 11.2 Å². The first-order valence-electron chi connectivity index (χ1n) is 7.50. The van der Waals surface area contributed by atoms with E-state index in [4.69, 9.17) is 0 Å². The Hall–Kier alpha value is -1.42. The summed E-state index contributed by atoms with van der Waals surface area (Å²) in [4.78, 5) is 14.6. The second-order valence-corrected chi connectivity index (χ2v) is 5.81. The molecule has 0 radical (unpaired) electrons. The van der Waals surface area contributed by atoms with Crippen LogP contribution in [0.1, 0.15) is 31.2 Å². The fourth-order valence-corrected chi connectivity index (χ4v) is 3.42. The van der Waals surface area contributed by atoms with Crippen LogP contribution in [-0.4, -0.2) is 36.0 Å². The van der Waals surface area contributed by atoms with Crippen molar-refractivity contribution in [3.05, 3.63) is 35.6 Å². The molecule has 0 aliphatic carbocycles. The molecule has 2 bridgehead atoms. The lowest BCUT2D eigenvalue weighted by Gasteiger charge is -2.28. The van der Waals surface area contributed by atoms with Crippen molar-refractivity contribution in [3.8, 4) is 0 Å². The number of halogens is 1. The van der Waals surface area contributed by atoms with Crippen molar-refractivity contribution in [1.29, 1.82) is 0 Å². The third-order valence-electron chi connectivity index (χ3n) is 4.48. The van der Waals surface area contributed by atoms with Gasteiger partial charge in [0.25, 0.3) is 0 Å². The van der Waals surface area contributed by atoms with E-state index in [0.717, 1.165) is 37.9 Å². The predicted octanol–water partition coefficient (Wildman–Crippen LogP) is 2.11. The van der Waals surface area contributed by atoms with Gasteiger partial charge in [-0.3, -0.25) is 4.79 Å². The standard InChI is InChI=1S/C16H21FN2O/c17-13-4-1-12(2-5-13)3-8-16(20)19-14-6-7-15(19)11-18-10-9-14/h1-2,4-5,14-15,18H,3,6-11H2. The lowest BCUT2D eigenvalue weighted by atomic mass is 10.1. The molecule has 20 heavy (non-hydrogen) atoms. The number of carbonyl (C=O) groups is 1. The Labute approximate surface area is 119 Å². The molecule has 1 N–H and O–H groups in total. The van der Waals surface area contributed by atoms with Crippen LogP contribution in [0.2, 0.25) is 0 Å². The molecule has 1 aromatic rings. The number of nitrogens with one attached hydrogen (secondary N) is 1. The molecule has 2 heterocycles. The highest BCUT2D eigenvalue weighted by Crippen LogP contribution is 2.28. The molecule has 1 amide bonds. The monoisotopic (exact) mass is 276 g/mol. The summed E-state index contributed by atoms with van der Waals surface area (Å²) in [6.07, 6.45) is 4.56. The minimum Gasteiger partial charge on any atom is -0.335 e. The molecular formula is C16H21FN2O. The number of hydrogen-bond donors (Lipinski definition) is 1. The Morgan fingerprint density at radius 3 is 2.75 bits per heavy atom. The maximum absolute atomic E-state index is 12.9. The fourth-order valence-electron chi connectivity index (χ4n) is 3.42. The van der Waals surface area contributed by atoms with Gasteiger partial charge < -0.3 is 10.2 Å². The van der Waals surface area contributed by atoms with Crippen LogP contribution in [0.15, 0.2) is 24.3 Å². The van der Waals surface area contributed by atoms with E-state index in [-0.39, 0.29) is 11.7 Å². The summed E-state index contributed by atoms with van der Waals surface area (Å²) in [5.74, 6) is 0.0299. The minimum atomic E-state index is -0.225. The number of benzene rings is 1. The Balaban J connectivity index is 1.60. The topological polar surface area (TPSA) is 32.3 Å². The third-order valence-corrected chi connectivity index (χ3v) is 4.48. The number of carbonyl (C=O) groups excluding carboxylic acids is 1. The maximum Gasteiger partial charge on any atom is 0.223 e. The average molecular weight is 276 g/mol. The van der Waals surface area contributed by atoms with Gasteiger partial charge >= 0.3 is 0 Å². The fraction of sp³-hybridized carbons (Fsp3) is 0.562. The molecule has 2 unspecified atom stereocenters. The van der Waals surface area contributed by atoms with Gasteiger partial charge in [-0.2, -0.15) is 0 Å². The first-order valence-corrected chi connectivity index (χ1v) is 7.50. The van der Waals surface area contributed by atoms with E-state index in [9.17, 15) is 9.18 Å². The van der Waals surface area contributed by atoms with Gasteiger partial charge in [0.1, 0.15) is 5.82 Å². The van der Waals surface area contributed by atoms with Crippen molar-refractivity contribution in [3.63, 3.8) is 0 Å². The quantitative estimate of drug-likeness (QED) is 0.917. The normalized spacial score (nSPS) is 25.6. The third kappa shape index (κ3) is 2.85. The van der Waals surface area contributed by atoms with Crippen molar-refractivity contribution in [2.75, 3.05) is 13.1 Å². The van der Waals surface area contributed by atoms with Crippen molar-refractivity contribution in [1.82, 2.24) is 10.2 Å². The highest BCUT2D eigenvalue weighted by Gasteiger charge is 2.37. The molecule has 2 atom stereocenters. The molecule has 2 aliphatic rings. The van der Waals surface area contributed by atoms with E-state index in [0.29, 0.717) is 24.9 Å². The zero-order valence-corrected chi connectivity index (χ0v) is 11.6. The van der Waals surface area contributed by atoms with Gasteiger partial charge in [-0.15, -0.1) is 0 Å². The van der Waals surface area contributed by atoms with Crippen LogP contribution in [0.3, 0.4) is 0 Å². The molecule has 0 spiro atoms. The summed E-state index contributed by atoms with van der Waals surface area (Å²) < 4.78 is 12.9. The zero-order chi connectivity index (χ0) is 13.9. The Morgan fingerprint density at radius 2 is 1.95 bits per heavy atom. The number of aryl methyl sites for hydroxylation is 1. The zero-order valence-electron chi connectivity index (χ0n) is 11.6. The Morgan fingerprint density at radius 1 is 1.20 bits per heavy atom. The molecule has 4 heteroatoms. The van der Waals surface area contributed by atoms with Crippen LogP contribution in [0.5, 0.6) is 0 Å². The summed E-state index contributed by atoms with van der Waals surface area (Å²) in [5, 5.41) is 3.41. The second-order valence-electron chi connectivity index (χ2n) is 5.81. The number of hydrogen-bond acceptors (Lipinski definition) is 2. The van der Waals surface area contributed by atoms with E-state index < -0.39 is 0 Å². The Bertz CT molecular complexity index is 460. The average Bonchev–Trinajstić information content (AvgIpc) is 2.71. The number of rotatable bonds is 3. The lowest BCUT2D eigenvalue weighted by Crippen LogP contribution is -2.42. The highest BCUT2D eigenvalue weighted by molar-refractivity contribution is 5.77. The van der Waals surface area contributed by atoms with Gasteiger partial charge in [-0.25, -0.2) is 4.39 Å². The smallest absolute Gasteiger partial charge is 0.223 e. The first kappa shape index (κ1) is 13.6. The van der Waals surface area contributed by atoms with Gasteiger partial charge in [0, 0.05) is 25.0 Å². The van der Waals surface area contributed by atoms with Gasteiger partial charge in [-0.05, 0) is 49.9 Å². The van der Waals surface area contributed by atoms with E-state index in [1.54, 1.807) is 12.1 Å². The molecule has 0 saturated carbocycles. The van der Waals surface area contributed by atoms with E-state index in [1.807, 2.05) is 0 Å². The second kappa shape index (κ2) is 5.92. The molecule has 1 aromatic carbocycles. The summed E-state index contributed by atoms with van der Waals surface area (Å²) >= 11 is 0. The molecular weight excluding hydrogens is 255 g/mol. The summed E-state index contributed by atoms with van der Waals surface area (Å²) in [7, 11) is 0. The molecule has 3 nitrogen and oxygen atoms in total. The van der Waals surface area contributed by atoms with Crippen LogP contribution in [0.4, 0.5) is 4.39 Å². The first-order chi connectivity index (χ1) is 9.74. The van der Waals surface area contributed by atoms with Crippen LogP contribution < -0.4 is 5.32 Å². The molecule has 0 aromatic heterocycles. The highest BCUT2D eigenvalue weighted by atomic mass is 19.1. The van der Waals surface area contributed by atoms with E-state index in [2.05, 4.69) is 10.2 Å². The van der Waals surface area contributed by atoms with Crippen LogP contribution >= 0.6 is 0 Å². The van der Waals surface area contributed by atoms with Gasteiger partial charge in [-0.1, -0.05) is 12.1 Å². The largest absolute Gasteiger partial charge is 0.335 e. The Kier molecular flexibility index (Phi) is 4.01. The van der Waals surface area contributed by atoms with Gasteiger partial charge in [0.2, 0.25) is 5.91 Å². The SMILES string of the molecule is O=C(CCc1ccc(F)cc1)N1C2CCNCC1CC2. The predicted molar refractivity (Wildman–Crippen MR) is 75.9 cm³/mol. The van der Waals surface area contributed by atoms with Crippen molar-refractivity contribution in [2.24, 2.45) is 0 Å². The number of nitrogens with zero attached hydrogens (tertiary/aromatic N) is 1. The van der Waals surface area contributed by atoms with E-state index >= 15 is 0 Å². The van der Waals surface area contributed by atoms with Crippen LogP contribution in [0, 0.1) is 5.82 Å². The van der Waals surface area contributed by atoms with Crippen molar-refractivity contribution in [2.45, 2.75) is 44.2 Å². The maximum atomic E-state index is 12.9. The number of amides is 1. The van der Waals surface area contributed by atoms with Gasteiger partial charge in [0.15, 0.2) is 0 Å².